The molecular formula is C23H25N3O5S. The molecule has 1 fully saturated rings. The highest BCUT2D eigenvalue weighted by atomic mass is 32.1. The number of carbonyl (C=O) groups excluding carboxylic acids is 2. The van der Waals surface area contributed by atoms with E-state index in [1.54, 1.807) is 35.8 Å². The monoisotopic (exact) mass is 455 g/mol. The minimum atomic E-state index is -0.531. The molecule has 1 aliphatic rings. The average molecular weight is 456 g/mol. The van der Waals surface area contributed by atoms with Crippen molar-refractivity contribution >= 4 is 28.2 Å². The van der Waals surface area contributed by atoms with Crippen molar-refractivity contribution in [2.75, 3.05) is 6.61 Å². The molecule has 0 saturated carbocycles. The minimum Gasteiger partial charge on any atom is -0.484 e. The lowest BCUT2D eigenvalue weighted by atomic mass is 9.97. The highest BCUT2D eigenvalue weighted by Crippen LogP contribution is 2.23. The predicted molar refractivity (Wildman–Crippen MR) is 120 cm³/mol. The normalized spacial score (nSPS) is 18.5. The lowest BCUT2D eigenvalue weighted by Crippen LogP contribution is -2.49. The molecule has 0 N–H and O–H groups in total. The third-order valence-corrected chi connectivity index (χ3v) is 6.40. The summed E-state index contributed by atoms with van der Waals surface area (Å²) < 4.78 is 12.4. The largest absolute Gasteiger partial charge is 0.484 e. The van der Waals surface area contributed by atoms with Crippen LogP contribution in [-0.4, -0.2) is 44.9 Å². The van der Waals surface area contributed by atoms with Crippen LogP contribution >= 0.6 is 11.3 Å². The number of piperidine rings is 1. The maximum Gasteiger partial charge on any atom is 0.338 e. The van der Waals surface area contributed by atoms with Gasteiger partial charge in [0.2, 0.25) is 0 Å². The van der Waals surface area contributed by atoms with Crippen molar-refractivity contribution in [2.45, 2.75) is 51.8 Å². The lowest BCUT2D eigenvalue weighted by molar-refractivity contribution is -0.139. The summed E-state index contributed by atoms with van der Waals surface area (Å²) in [5.41, 5.74) is 0.521. The quantitative estimate of drug-likeness (QED) is 0.530. The molecule has 1 aliphatic heterocycles. The van der Waals surface area contributed by atoms with Crippen LogP contribution in [0.3, 0.4) is 0 Å². The van der Waals surface area contributed by atoms with Crippen LogP contribution in [0.4, 0.5) is 0 Å². The number of benzene rings is 1. The van der Waals surface area contributed by atoms with Gasteiger partial charge in [-0.15, -0.1) is 11.3 Å². The highest BCUT2D eigenvalue weighted by Gasteiger charge is 2.29. The molecule has 8 nitrogen and oxygen atoms in total. The standard InChI is InChI=1S/C23H25N3O5S/c1-15-4-3-5-16(2)26(15)21(28)14-30-19-8-6-17(7-9-19)22(29)31-13-18-12-20(27)25-10-11-32-23(25)24-18/h6-12,15-16H,3-5,13-14H2,1-2H3/t15-,16-/m0/s1. The number of aromatic nitrogens is 2. The van der Waals surface area contributed by atoms with E-state index >= 15 is 0 Å². The van der Waals surface area contributed by atoms with Crippen molar-refractivity contribution in [3.8, 4) is 5.75 Å². The number of carbonyl (C=O) groups is 2. The molecular weight excluding hydrogens is 430 g/mol. The summed E-state index contributed by atoms with van der Waals surface area (Å²) in [6, 6.07) is 8.23. The van der Waals surface area contributed by atoms with Crippen molar-refractivity contribution in [3.63, 3.8) is 0 Å². The smallest absolute Gasteiger partial charge is 0.338 e. The van der Waals surface area contributed by atoms with Crippen LogP contribution in [0.2, 0.25) is 0 Å². The van der Waals surface area contributed by atoms with Crippen LogP contribution in [0.15, 0.2) is 46.7 Å². The zero-order chi connectivity index (χ0) is 22.7. The van der Waals surface area contributed by atoms with Crippen molar-refractivity contribution in [1.82, 2.24) is 14.3 Å². The summed E-state index contributed by atoms with van der Waals surface area (Å²) in [6.07, 6.45) is 4.81. The third kappa shape index (κ3) is 4.83. The molecule has 0 radical (unpaired) electrons. The van der Waals surface area contributed by atoms with Gasteiger partial charge < -0.3 is 14.4 Å². The number of hydrogen-bond donors (Lipinski definition) is 0. The van der Waals surface area contributed by atoms with Gasteiger partial charge in [-0.05, 0) is 57.4 Å². The van der Waals surface area contributed by atoms with E-state index in [9.17, 15) is 14.4 Å². The number of ether oxygens (including phenoxy) is 2. The van der Waals surface area contributed by atoms with E-state index < -0.39 is 5.97 Å². The fraction of sp³-hybridized carbons (Fsp3) is 0.391. The van der Waals surface area contributed by atoms with Gasteiger partial charge in [-0.2, -0.15) is 0 Å². The molecule has 1 aromatic carbocycles. The molecule has 0 spiro atoms. The minimum absolute atomic E-state index is 0.0284. The number of amides is 1. The first-order valence-corrected chi connectivity index (χ1v) is 11.5. The van der Waals surface area contributed by atoms with Gasteiger partial charge >= 0.3 is 5.97 Å². The summed E-state index contributed by atoms with van der Waals surface area (Å²) in [5.74, 6) is -0.0545. The Balaban J connectivity index is 1.31. The van der Waals surface area contributed by atoms with E-state index in [1.807, 2.05) is 4.90 Å². The number of fused-ring (bicyclic) bond motifs is 1. The van der Waals surface area contributed by atoms with Crippen molar-refractivity contribution in [1.29, 1.82) is 0 Å². The molecule has 32 heavy (non-hydrogen) atoms. The second-order valence-electron chi connectivity index (χ2n) is 7.96. The Morgan fingerprint density at radius 1 is 1.16 bits per heavy atom. The van der Waals surface area contributed by atoms with Gasteiger partial charge in [-0.3, -0.25) is 14.0 Å². The van der Waals surface area contributed by atoms with Gasteiger partial charge in [0.1, 0.15) is 12.4 Å². The van der Waals surface area contributed by atoms with E-state index in [4.69, 9.17) is 9.47 Å². The maximum absolute atomic E-state index is 12.6. The summed E-state index contributed by atoms with van der Waals surface area (Å²) in [5, 5.41) is 1.77. The molecule has 3 heterocycles. The molecule has 0 bridgehead atoms. The number of rotatable bonds is 6. The van der Waals surface area contributed by atoms with Gasteiger partial charge in [-0.25, -0.2) is 9.78 Å². The molecule has 2 atom stereocenters. The number of likely N-dealkylation sites (tertiary alicyclic amines) is 1. The molecule has 3 aromatic rings. The molecule has 1 amide bonds. The van der Waals surface area contributed by atoms with E-state index in [0.29, 0.717) is 22.0 Å². The number of nitrogens with zero attached hydrogens (tertiary/aromatic N) is 3. The van der Waals surface area contributed by atoms with E-state index in [-0.39, 0.29) is 36.8 Å². The van der Waals surface area contributed by atoms with Crippen LogP contribution < -0.4 is 10.3 Å². The first-order valence-electron chi connectivity index (χ1n) is 10.6. The van der Waals surface area contributed by atoms with Gasteiger partial charge in [0.05, 0.1) is 11.3 Å². The number of esters is 1. The van der Waals surface area contributed by atoms with Gasteiger partial charge in [0.25, 0.3) is 11.5 Å². The van der Waals surface area contributed by atoms with Gasteiger partial charge in [0, 0.05) is 29.7 Å². The maximum atomic E-state index is 12.6. The van der Waals surface area contributed by atoms with Crippen molar-refractivity contribution in [3.05, 3.63) is 63.5 Å². The Hall–Kier alpha value is -3.20. The Labute approximate surface area is 189 Å². The van der Waals surface area contributed by atoms with Crippen molar-refractivity contribution in [2.24, 2.45) is 0 Å². The molecule has 168 valence electrons. The SMILES string of the molecule is C[C@H]1CCC[C@H](C)N1C(=O)COc1ccc(C(=O)OCc2cc(=O)n3ccsc3n2)cc1. The molecule has 0 aliphatic carbocycles. The summed E-state index contributed by atoms with van der Waals surface area (Å²) in [7, 11) is 0. The van der Waals surface area contributed by atoms with Gasteiger partial charge in [-0.1, -0.05) is 0 Å². The molecule has 4 rings (SSSR count). The summed E-state index contributed by atoms with van der Waals surface area (Å²) >= 11 is 1.33. The fourth-order valence-electron chi connectivity index (χ4n) is 4.00. The van der Waals surface area contributed by atoms with Crippen LogP contribution in [0.25, 0.3) is 4.96 Å². The molecule has 0 unspecified atom stereocenters. The highest BCUT2D eigenvalue weighted by molar-refractivity contribution is 7.15. The third-order valence-electron chi connectivity index (χ3n) is 5.64. The lowest BCUT2D eigenvalue weighted by Gasteiger charge is -2.38. The van der Waals surface area contributed by atoms with Crippen LogP contribution in [0.1, 0.15) is 49.2 Å². The van der Waals surface area contributed by atoms with E-state index in [0.717, 1.165) is 19.3 Å². The van der Waals surface area contributed by atoms with Gasteiger partial charge in [0.15, 0.2) is 11.6 Å². The number of thiazole rings is 1. The second kappa shape index (κ2) is 9.52. The molecule has 9 heteroatoms. The van der Waals surface area contributed by atoms with Crippen LogP contribution in [-0.2, 0) is 16.1 Å². The topological polar surface area (TPSA) is 90.2 Å². The Bertz CT molecular complexity index is 1160. The molecule has 1 saturated heterocycles. The van der Waals surface area contributed by atoms with E-state index in [2.05, 4.69) is 18.8 Å². The number of hydrogen-bond acceptors (Lipinski definition) is 7. The molecule has 2 aromatic heterocycles. The predicted octanol–water partition coefficient (Wildman–Crippen LogP) is 3.28. The zero-order valence-corrected chi connectivity index (χ0v) is 18.8. The fourth-order valence-corrected chi connectivity index (χ4v) is 4.74. The summed E-state index contributed by atoms with van der Waals surface area (Å²) in [6.45, 7) is 4.00. The zero-order valence-electron chi connectivity index (χ0n) is 18.0. The summed E-state index contributed by atoms with van der Waals surface area (Å²) in [4.78, 5) is 43.7. The Morgan fingerprint density at radius 3 is 2.59 bits per heavy atom. The van der Waals surface area contributed by atoms with Crippen LogP contribution in [0, 0.1) is 0 Å². The Morgan fingerprint density at radius 2 is 1.88 bits per heavy atom. The first-order chi connectivity index (χ1) is 15.4. The van der Waals surface area contributed by atoms with E-state index in [1.165, 1.54) is 21.8 Å². The first kappa shape index (κ1) is 22.0. The van der Waals surface area contributed by atoms with Crippen LogP contribution in [0.5, 0.6) is 5.75 Å². The average Bonchev–Trinajstić information content (AvgIpc) is 3.26. The van der Waals surface area contributed by atoms with Crippen molar-refractivity contribution < 1.29 is 19.1 Å². The Kier molecular flexibility index (Phi) is 6.55. The second-order valence-corrected chi connectivity index (χ2v) is 8.83.